The van der Waals surface area contributed by atoms with Gasteiger partial charge in [-0.3, -0.25) is 0 Å². The molecule has 1 fully saturated rings. The summed E-state index contributed by atoms with van der Waals surface area (Å²) in [5.74, 6) is 0.972. The van der Waals surface area contributed by atoms with Crippen LogP contribution in [-0.2, 0) is 0 Å². The van der Waals surface area contributed by atoms with E-state index in [9.17, 15) is 0 Å². The van der Waals surface area contributed by atoms with Crippen molar-refractivity contribution in [2.24, 2.45) is 0 Å². The van der Waals surface area contributed by atoms with Gasteiger partial charge in [-0.15, -0.1) is 0 Å². The molecule has 1 saturated heterocycles. The Morgan fingerprint density at radius 1 is 1.25 bits per heavy atom. The van der Waals surface area contributed by atoms with E-state index in [1.807, 2.05) is 12.1 Å². The van der Waals surface area contributed by atoms with Crippen LogP contribution in [0.15, 0.2) is 24.3 Å². The van der Waals surface area contributed by atoms with Crippen LogP contribution >= 0.6 is 0 Å². The predicted octanol–water partition coefficient (Wildman–Crippen LogP) is 2.79. The van der Waals surface area contributed by atoms with Crippen molar-refractivity contribution in [1.29, 1.82) is 0 Å². The maximum atomic E-state index is 5.77. The molecule has 0 bridgehead atoms. The largest absolute Gasteiger partial charge is 0.492 e. The Hall–Kier alpha value is -1.06. The van der Waals surface area contributed by atoms with Gasteiger partial charge < -0.3 is 14.5 Å². The number of benzene rings is 1. The second-order valence-electron chi connectivity index (χ2n) is 6.03. The first-order valence-corrected chi connectivity index (χ1v) is 7.73. The van der Waals surface area contributed by atoms with Crippen LogP contribution < -0.4 is 4.74 Å². The Morgan fingerprint density at radius 3 is 2.65 bits per heavy atom. The first-order valence-electron chi connectivity index (χ1n) is 7.73. The van der Waals surface area contributed by atoms with E-state index < -0.39 is 0 Å². The highest BCUT2D eigenvalue weighted by Crippen LogP contribution is 2.17. The third kappa shape index (κ3) is 4.80. The molecule has 1 aromatic rings. The Balaban J connectivity index is 1.60. The third-order valence-electron chi connectivity index (χ3n) is 4.28. The molecule has 0 aromatic heterocycles. The number of rotatable bonds is 7. The van der Waals surface area contributed by atoms with Crippen molar-refractivity contribution in [3.8, 4) is 5.75 Å². The van der Waals surface area contributed by atoms with E-state index in [0.29, 0.717) is 0 Å². The molecule has 0 N–H and O–H groups in total. The Kier molecular flexibility index (Phi) is 5.86. The molecule has 0 spiro atoms. The smallest absolute Gasteiger partial charge is 0.119 e. The van der Waals surface area contributed by atoms with E-state index in [0.717, 1.165) is 31.5 Å². The Bertz CT molecular complexity index is 390. The lowest BCUT2D eigenvalue weighted by Crippen LogP contribution is -2.32. The molecule has 20 heavy (non-hydrogen) atoms. The topological polar surface area (TPSA) is 15.7 Å². The van der Waals surface area contributed by atoms with Gasteiger partial charge in [-0.1, -0.05) is 17.7 Å². The van der Waals surface area contributed by atoms with Crippen LogP contribution in [0, 0.1) is 6.92 Å². The molecule has 0 radical (unpaired) electrons. The fraction of sp³-hybridized carbons (Fsp3) is 0.647. The maximum Gasteiger partial charge on any atom is 0.119 e. The number of ether oxygens (including phenoxy) is 1. The van der Waals surface area contributed by atoms with Crippen LogP contribution in [0.3, 0.4) is 0 Å². The lowest BCUT2D eigenvalue weighted by Gasteiger charge is -2.23. The molecule has 0 amide bonds. The van der Waals surface area contributed by atoms with E-state index in [1.54, 1.807) is 0 Å². The summed E-state index contributed by atoms with van der Waals surface area (Å²) in [7, 11) is 4.44. The average Bonchev–Trinajstić information content (AvgIpc) is 2.84. The predicted molar refractivity (Wildman–Crippen MR) is 84.4 cm³/mol. The SMILES string of the molecule is Cc1ccc(OCCN(C)CC[C@H]2CCCN2C)cc1. The van der Waals surface area contributed by atoms with Gasteiger partial charge >= 0.3 is 0 Å². The van der Waals surface area contributed by atoms with Gasteiger partial charge in [0.25, 0.3) is 0 Å². The van der Waals surface area contributed by atoms with Crippen molar-refractivity contribution in [3.05, 3.63) is 29.8 Å². The molecule has 1 aliphatic rings. The summed E-state index contributed by atoms with van der Waals surface area (Å²) in [6.45, 7) is 6.28. The van der Waals surface area contributed by atoms with Crippen molar-refractivity contribution in [2.45, 2.75) is 32.2 Å². The summed E-state index contributed by atoms with van der Waals surface area (Å²) in [4.78, 5) is 4.87. The van der Waals surface area contributed by atoms with Crippen molar-refractivity contribution in [2.75, 3.05) is 40.3 Å². The van der Waals surface area contributed by atoms with Gasteiger partial charge in [-0.2, -0.15) is 0 Å². The van der Waals surface area contributed by atoms with E-state index in [1.165, 1.54) is 31.4 Å². The standard InChI is InChI=1S/C17H28N2O/c1-15-6-8-17(9-7-15)20-14-13-18(2)12-10-16-5-4-11-19(16)3/h6-9,16H,4-5,10-14H2,1-3H3/t16-/m1/s1. The molecule has 0 aliphatic carbocycles. The van der Waals surface area contributed by atoms with Crippen molar-refractivity contribution in [3.63, 3.8) is 0 Å². The van der Waals surface area contributed by atoms with Gasteiger partial charge in [0.2, 0.25) is 0 Å². The van der Waals surface area contributed by atoms with Crippen molar-refractivity contribution < 1.29 is 4.74 Å². The molecule has 2 rings (SSSR count). The van der Waals surface area contributed by atoms with Gasteiger partial charge in [0.15, 0.2) is 0 Å². The first kappa shape index (κ1) is 15.3. The average molecular weight is 276 g/mol. The van der Waals surface area contributed by atoms with Crippen LogP contribution in [-0.4, -0.2) is 56.2 Å². The van der Waals surface area contributed by atoms with E-state index in [4.69, 9.17) is 4.74 Å². The molecular weight excluding hydrogens is 248 g/mol. The third-order valence-corrected chi connectivity index (χ3v) is 4.28. The highest BCUT2D eigenvalue weighted by atomic mass is 16.5. The van der Waals surface area contributed by atoms with Crippen LogP contribution in [0.5, 0.6) is 5.75 Å². The minimum absolute atomic E-state index is 0.764. The minimum Gasteiger partial charge on any atom is -0.492 e. The number of likely N-dealkylation sites (tertiary alicyclic amines) is 1. The van der Waals surface area contributed by atoms with Gasteiger partial charge in [0.1, 0.15) is 12.4 Å². The molecule has 1 heterocycles. The summed E-state index contributed by atoms with van der Waals surface area (Å²) in [6, 6.07) is 9.06. The van der Waals surface area contributed by atoms with Crippen LogP contribution in [0.2, 0.25) is 0 Å². The monoisotopic (exact) mass is 276 g/mol. The van der Waals surface area contributed by atoms with Crippen LogP contribution in [0.1, 0.15) is 24.8 Å². The number of hydrogen-bond acceptors (Lipinski definition) is 3. The highest BCUT2D eigenvalue weighted by molar-refractivity contribution is 5.26. The quantitative estimate of drug-likeness (QED) is 0.761. The summed E-state index contributed by atoms with van der Waals surface area (Å²) >= 11 is 0. The fourth-order valence-electron chi connectivity index (χ4n) is 2.78. The van der Waals surface area contributed by atoms with Gasteiger partial charge in [-0.05, 0) is 65.5 Å². The van der Waals surface area contributed by atoms with Crippen LogP contribution in [0.4, 0.5) is 0 Å². The van der Waals surface area contributed by atoms with Gasteiger partial charge in [0, 0.05) is 12.6 Å². The molecule has 1 aromatic carbocycles. The van der Waals surface area contributed by atoms with Crippen molar-refractivity contribution in [1.82, 2.24) is 9.80 Å². The fourth-order valence-corrected chi connectivity index (χ4v) is 2.78. The molecule has 112 valence electrons. The van der Waals surface area contributed by atoms with Crippen LogP contribution in [0.25, 0.3) is 0 Å². The lowest BCUT2D eigenvalue weighted by atomic mass is 10.1. The molecule has 0 unspecified atom stereocenters. The number of hydrogen-bond donors (Lipinski definition) is 0. The summed E-state index contributed by atoms with van der Waals surface area (Å²) in [5.41, 5.74) is 1.27. The first-order chi connectivity index (χ1) is 9.65. The Labute approximate surface area is 123 Å². The molecule has 1 atom stereocenters. The lowest BCUT2D eigenvalue weighted by molar-refractivity contribution is 0.212. The number of nitrogens with zero attached hydrogens (tertiary/aromatic N) is 2. The molecule has 3 heteroatoms. The number of aryl methyl sites for hydroxylation is 1. The second kappa shape index (κ2) is 7.65. The van der Waals surface area contributed by atoms with Gasteiger partial charge in [0.05, 0.1) is 0 Å². The maximum absolute atomic E-state index is 5.77. The highest BCUT2D eigenvalue weighted by Gasteiger charge is 2.20. The molecule has 1 aliphatic heterocycles. The summed E-state index contributed by atoms with van der Waals surface area (Å²) in [6.07, 6.45) is 4.00. The zero-order chi connectivity index (χ0) is 14.4. The number of likely N-dealkylation sites (N-methyl/N-ethyl adjacent to an activating group) is 1. The normalized spacial score (nSPS) is 19.7. The zero-order valence-corrected chi connectivity index (χ0v) is 13.1. The zero-order valence-electron chi connectivity index (χ0n) is 13.1. The molecular formula is C17H28N2O. The Morgan fingerprint density at radius 2 is 2.00 bits per heavy atom. The van der Waals surface area contributed by atoms with E-state index in [2.05, 4.69) is 43.0 Å². The second-order valence-corrected chi connectivity index (χ2v) is 6.03. The van der Waals surface area contributed by atoms with Gasteiger partial charge in [-0.25, -0.2) is 0 Å². The molecule has 0 saturated carbocycles. The summed E-state index contributed by atoms with van der Waals surface area (Å²) in [5, 5.41) is 0. The minimum atomic E-state index is 0.764. The van der Waals surface area contributed by atoms with Crippen molar-refractivity contribution >= 4 is 0 Å². The van der Waals surface area contributed by atoms with E-state index >= 15 is 0 Å². The summed E-state index contributed by atoms with van der Waals surface area (Å²) < 4.78 is 5.77. The van der Waals surface area contributed by atoms with E-state index in [-0.39, 0.29) is 0 Å². The molecule has 3 nitrogen and oxygen atoms in total.